The zero-order chi connectivity index (χ0) is 20.5. The summed E-state index contributed by atoms with van der Waals surface area (Å²) >= 11 is 1.26. The van der Waals surface area contributed by atoms with Gasteiger partial charge in [0.15, 0.2) is 4.80 Å². The van der Waals surface area contributed by atoms with Gasteiger partial charge in [-0.05, 0) is 37.3 Å². The molecular formula is C21H16N2O5S. The second kappa shape index (κ2) is 7.48. The van der Waals surface area contributed by atoms with Crippen molar-refractivity contribution in [3.05, 3.63) is 74.9 Å². The van der Waals surface area contributed by atoms with Crippen molar-refractivity contribution in [1.29, 1.82) is 0 Å². The van der Waals surface area contributed by atoms with Crippen LogP contribution in [0.25, 0.3) is 21.2 Å². The van der Waals surface area contributed by atoms with E-state index < -0.39 is 17.5 Å². The highest BCUT2D eigenvalue weighted by Crippen LogP contribution is 2.20. The molecule has 0 fully saturated rings. The molecule has 0 N–H and O–H groups in total. The first-order chi connectivity index (χ1) is 14.0. The first-order valence-electron chi connectivity index (χ1n) is 8.85. The Kier molecular flexibility index (Phi) is 4.85. The topological polar surface area (TPSA) is 90.9 Å². The van der Waals surface area contributed by atoms with Crippen LogP contribution in [-0.2, 0) is 11.3 Å². The van der Waals surface area contributed by atoms with Gasteiger partial charge in [-0.25, -0.2) is 9.59 Å². The first-order valence-corrected chi connectivity index (χ1v) is 9.67. The predicted molar refractivity (Wildman–Crippen MR) is 109 cm³/mol. The molecule has 0 saturated heterocycles. The number of nitrogens with zero attached hydrogens (tertiary/aromatic N) is 2. The van der Waals surface area contributed by atoms with Crippen molar-refractivity contribution in [2.75, 3.05) is 7.11 Å². The lowest BCUT2D eigenvalue weighted by Crippen LogP contribution is -2.19. The van der Waals surface area contributed by atoms with Gasteiger partial charge in [0, 0.05) is 11.9 Å². The summed E-state index contributed by atoms with van der Waals surface area (Å²) in [7, 11) is 1.32. The summed E-state index contributed by atoms with van der Waals surface area (Å²) in [5, 5.41) is 0.646. The summed E-state index contributed by atoms with van der Waals surface area (Å²) < 4.78 is 12.6. The smallest absolute Gasteiger partial charge is 0.349 e. The number of esters is 1. The summed E-state index contributed by atoms with van der Waals surface area (Å²) in [6.07, 6.45) is 0. The molecule has 0 aliphatic carbocycles. The molecule has 146 valence electrons. The van der Waals surface area contributed by atoms with Crippen LogP contribution in [0.3, 0.4) is 0 Å². The lowest BCUT2D eigenvalue weighted by atomic mass is 10.2. The van der Waals surface area contributed by atoms with Gasteiger partial charge in [0.05, 0.1) is 22.9 Å². The van der Waals surface area contributed by atoms with Crippen LogP contribution in [-0.4, -0.2) is 23.6 Å². The molecule has 4 aromatic rings. The number of hydrogen-bond donors (Lipinski definition) is 0. The lowest BCUT2D eigenvalue weighted by Gasteiger charge is -2.02. The molecule has 2 aromatic carbocycles. The van der Waals surface area contributed by atoms with E-state index in [1.54, 1.807) is 42.5 Å². The van der Waals surface area contributed by atoms with E-state index in [4.69, 9.17) is 9.15 Å². The first kappa shape index (κ1) is 18.8. The Balaban J connectivity index is 1.85. The molecule has 0 aliphatic rings. The Morgan fingerprint density at radius 1 is 1.17 bits per heavy atom. The second-order valence-corrected chi connectivity index (χ2v) is 7.21. The number of carbonyl (C=O) groups is 2. The van der Waals surface area contributed by atoms with Crippen molar-refractivity contribution >= 4 is 44.4 Å². The second-order valence-electron chi connectivity index (χ2n) is 6.21. The summed E-state index contributed by atoms with van der Waals surface area (Å²) in [6, 6.07) is 13.6. The Labute approximate surface area is 168 Å². The highest BCUT2D eigenvalue weighted by atomic mass is 32.1. The maximum absolute atomic E-state index is 12.7. The van der Waals surface area contributed by atoms with Gasteiger partial charge in [-0.3, -0.25) is 4.79 Å². The third-order valence-electron chi connectivity index (χ3n) is 4.49. The molecule has 0 aliphatic heterocycles. The Morgan fingerprint density at radius 2 is 1.97 bits per heavy atom. The lowest BCUT2D eigenvalue weighted by molar-refractivity contribution is 0.0600. The third kappa shape index (κ3) is 3.38. The Bertz CT molecular complexity index is 1390. The van der Waals surface area contributed by atoms with Crippen molar-refractivity contribution in [3.8, 4) is 0 Å². The van der Waals surface area contributed by atoms with Crippen LogP contribution in [0.2, 0.25) is 0 Å². The summed E-state index contributed by atoms with van der Waals surface area (Å²) in [4.78, 5) is 41.4. The van der Waals surface area contributed by atoms with E-state index in [2.05, 4.69) is 4.99 Å². The van der Waals surface area contributed by atoms with Crippen molar-refractivity contribution in [1.82, 2.24) is 4.57 Å². The zero-order valence-electron chi connectivity index (χ0n) is 15.7. The van der Waals surface area contributed by atoms with Crippen LogP contribution in [0.4, 0.5) is 0 Å². The maximum Gasteiger partial charge on any atom is 0.349 e. The average Bonchev–Trinajstić information content (AvgIpc) is 3.08. The van der Waals surface area contributed by atoms with Gasteiger partial charge >= 0.3 is 11.6 Å². The molecule has 0 spiro atoms. The fourth-order valence-corrected chi connectivity index (χ4v) is 4.20. The SMILES string of the molecule is CCn1c(=NC(=O)c2cc3ccccc3oc2=O)sc2cc(C(=O)OC)ccc21. The molecular weight excluding hydrogens is 392 g/mol. The van der Waals surface area contributed by atoms with Gasteiger partial charge in [-0.1, -0.05) is 29.5 Å². The molecule has 8 heteroatoms. The van der Waals surface area contributed by atoms with Gasteiger partial charge in [-0.2, -0.15) is 4.99 Å². The number of ether oxygens (including phenoxy) is 1. The molecule has 0 bridgehead atoms. The van der Waals surface area contributed by atoms with Gasteiger partial charge in [-0.15, -0.1) is 0 Å². The number of benzene rings is 2. The normalized spacial score (nSPS) is 11.9. The quantitative estimate of drug-likeness (QED) is 0.383. The van der Waals surface area contributed by atoms with Crippen LogP contribution in [0.15, 0.2) is 62.7 Å². The van der Waals surface area contributed by atoms with Crippen molar-refractivity contribution in [2.24, 2.45) is 4.99 Å². The van der Waals surface area contributed by atoms with Crippen molar-refractivity contribution in [3.63, 3.8) is 0 Å². The number of hydrogen-bond acceptors (Lipinski definition) is 6. The van der Waals surface area contributed by atoms with E-state index in [0.29, 0.717) is 27.9 Å². The summed E-state index contributed by atoms with van der Waals surface area (Å²) in [6.45, 7) is 2.49. The third-order valence-corrected chi connectivity index (χ3v) is 5.53. The molecule has 29 heavy (non-hydrogen) atoms. The Morgan fingerprint density at radius 3 is 2.72 bits per heavy atom. The summed E-state index contributed by atoms with van der Waals surface area (Å²) in [5.41, 5.74) is 0.809. The number of carbonyl (C=O) groups excluding carboxylic acids is 2. The number of methoxy groups -OCH3 is 1. The fraction of sp³-hybridized carbons (Fsp3) is 0.143. The fourth-order valence-electron chi connectivity index (χ4n) is 3.07. The van der Waals surface area contributed by atoms with Gasteiger partial charge in [0.25, 0.3) is 5.91 Å². The van der Waals surface area contributed by atoms with Crippen LogP contribution < -0.4 is 10.4 Å². The molecule has 2 heterocycles. The molecule has 0 saturated carbocycles. The monoisotopic (exact) mass is 408 g/mol. The van der Waals surface area contributed by atoms with Gasteiger partial charge in [0.2, 0.25) is 0 Å². The van der Waals surface area contributed by atoms with E-state index in [0.717, 1.165) is 10.2 Å². The molecule has 1 amide bonds. The van der Waals surface area contributed by atoms with E-state index >= 15 is 0 Å². The number of rotatable bonds is 3. The van der Waals surface area contributed by atoms with E-state index in [1.807, 2.05) is 11.5 Å². The minimum absolute atomic E-state index is 0.126. The highest BCUT2D eigenvalue weighted by molar-refractivity contribution is 7.16. The molecule has 7 nitrogen and oxygen atoms in total. The minimum atomic E-state index is -0.727. The summed E-state index contributed by atoms with van der Waals surface area (Å²) in [5.74, 6) is -1.11. The van der Waals surface area contributed by atoms with E-state index in [1.165, 1.54) is 24.5 Å². The van der Waals surface area contributed by atoms with Crippen LogP contribution in [0.5, 0.6) is 0 Å². The molecule has 0 radical (unpaired) electrons. The molecule has 0 unspecified atom stereocenters. The maximum atomic E-state index is 12.7. The minimum Gasteiger partial charge on any atom is -0.465 e. The largest absolute Gasteiger partial charge is 0.465 e. The predicted octanol–water partition coefficient (Wildman–Crippen LogP) is 3.36. The Hall–Kier alpha value is -3.52. The number of aryl methyl sites for hydroxylation is 1. The van der Waals surface area contributed by atoms with E-state index in [9.17, 15) is 14.4 Å². The van der Waals surface area contributed by atoms with Crippen LogP contribution in [0.1, 0.15) is 27.6 Å². The number of aromatic nitrogens is 1. The average molecular weight is 408 g/mol. The van der Waals surface area contributed by atoms with Gasteiger partial charge in [0.1, 0.15) is 11.1 Å². The zero-order valence-corrected chi connectivity index (χ0v) is 16.5. The number of para-hydroxylation sites is 1. The van der Waals surface area contributed by atoms with Gasteiger partial charge < -0.3 is 13.7 Å². The van der Waals surface area contributed by atoms with Crippen molar-refractivity contribution in [2.45, 2.75) is 13.5 Å². The van der Waals surface area contributed by atoms with E-state index in [-0.39, 0.29) is 5.56 Å². The molecule has 4 rings (SSSR count). The number of amides is 1. The number of fused-ring (bicyclic) bond motifs is 2. The van der Waals surface area contributed by atoms with Crippen LogP contribution >= 0.6 is 11.3 Å². The van der Waals surface area contributed by atoms with Crippen molar-refractivity contribution < 1.29 is 18.7 Å². The number of thiazole rings is 1. The molecule has 2 aromatic heterocycles. The molecule has 0 atom stereocenters. The van der Waals surface area contributed by atoms with Crippen LogP contribution in [0, 0.1) is 0 Å². The highest BCUT2D eigenvalue weighted by Gasteiger charge is 2.15. The standard InChI is InChI=1S/C21H16N2O5S/c1-3-23-15-9-8-13(19(25)27-2)11-17(15)29-21(23)22-18(24)14-10-12-6-4-5-7-16(12)28-20(14)26/h4-11H,3H2,1-2H3.